The summed E-state index contributed by atoms with van der Waals surface area (Å²) >= 11 is 6.06. The summed E-state index contributed by atoms with van der Waals surface area (Å²) in [7, 11) is 1.67. The molecule has 4 rings (SSSR count). The molecule has 1 aliphatic carbocycles. The topological polar surface area (TPSA) is 82.2 Å². The van der Waals surface area contributed by atoms with Crippen molar-refractivity contribution in [3.63, 3.8) is 0 Å². The van der Waals surface area contributed by atoms with Gasteiger partial charge in [-0.2, -0.15) is 0 Å². The molecule has 1 N–H and O–H groups in total. The van der Waals surface area contributed by atoms with Gasteiger partial charge in [-0.1, -0.05) is 36.6 Å². The Morgan fingerprint density at radius 2 is 1.83 bits per heavy atom. The molecular formula is C26H35ClN4O4. The lowest BCUT2D eigenvalue weighted by Crippen LogP contribution is -2.57. The minimum absolute atomic E-state index is 0.0679. The Kier molecular flexibility index (Phi) is 8.02. The van der Waals surface area contributed by atoms with Gasteiger partial charge in [0.05, 0.1) is 18.2 Å². The first-order valence-corrected chi connectivity index (χ1v) is 12.9. The summed E-state index contributed by atoms with van der Waals surface area (Å²) < 4.78 is 5.41. The monoisotopic (exact) mass is 502 g/mol. The third-order valence-corrected chi connectivity index (χ3v) is 7.60. The molecule has 2 heterocycles. The number of urea groups is 1. The Balaban J connectivity index is 1.58. The summed E-state index contributed by atoms with van der Waals surface area (Å²) in [5.74, 6) is -0.00845. The van der Waals surface area contributed by atoms with Crippen molar-refractivity contribution < 1.29 is 19.1 Å². The van der Waals surface area contributed by atoms with Gasteiger partial charge in [-0.3, -0.25) is 14.6 Å². The van der Waals surface area contributed by atoms with E-state index < -0.39 is 12.0 Å². The van der Waals surface area contributed by atoms with Crippen LogP contribution >= 0.6 is 11.6 Å². The van der Waals surface area contributed by atoms with Crippen LogP contribution in [-0.4, -0.2) is 78.5 Å². The summed E-state index contributed by atoms with van der Waals surface area (Å²) in [6, 6.07) is 6.26. The second kappa shape index (κ2) is 11.0. The van der Waals surface area contributed by atoms with Gasteiger partial charge in [-0.15, -0.1) is 0 Å². The quantitative estimate of drug-likeness (QED) is 0.601. The van der Waals surface area contributed by atoms with Crippen LogP contribution in [0.25, 0.3) is 0 Å². The zero-order valence-electron chi connectivity index (χ0n) is 20.8. The van der Waals surface area contributed by atoms with Gasteiger partial charge in [0.2, 0.25) is 5.91 Å². The van der Waals surface area contributed by atoms with Gasteiger partial charge in [0.15, 0.2) is 0 Å². The van der Waals surface area contributed by atoms with Crippen LogP contribution in [0, 0.1) is 5.92 Å². The number of likely N-dealkylation sites (N-methyl/N-ethyl adjacent to an activating group) is 1. The summed E-state index contributed by atoms with van der Waals surface area (Å²) in [6.07, 6.45) is 4.26. The molecule has 3 aliphatic rings. The first-order valence-electron chi connectivity index (χ1n) is 12.5. The van der Waals surface area contributed by atoms with E-state index in [1.165, 1.54) is 4.90 Å². The average Bonchev–Trinajstić information content (AvgIpc) is 3.37. The summed E-state index contributed by atoms with van der Waals surface area (Å²) in [6.45, 7) is 6.51. The first-order chi connectivity index (χ1) is 16.8. The Labute approximate surface area is 212 Å². The molecule has 2 aliphatic heterocycles. The summed E-state index contributed by atoms with van der Waals surface area (Å²) in [5.41, 5.74) is 1.81. The van der Waals surface area contributed by atoms with E-state index in [0.29, 0.717) is 42.5 Å². The Bertz CT molecular complexity index is 990. The van der Waals surface area contributed by atoms with Crippen molar-refractivity contribution in [2.75, 3.05) is 39.8 Å². The summed E-state index contributed by atoms with van der Waals surface area (Å²) in [4.78, 5) is 44.8. The molecule has 2 unspecified atom stereocenters. The molecule has 0 aromatic heterocycles. The van der Waals surface area contributed by atoms with Gasteiger partial charge < -0.3 is 15.0 Å². The van der Waals surface area contributed by atoms with Gasteiger partial charge in [0.25, 0.3) is 0 Å². The van der Waals surface area contributed by atoms with Crippen molar-refractivity contribution in [3.8, 4) is 0 Å². The van der Waals surface area contributed by atoms with E-state index in [1.807, 2.05) is 17.0 Å². The number of ether oxygens (including phenoxy) is 1. The van der Waals surface area contributed by atoms with Crippen molar-refractivity contribution in [3.05, 3.63) is 46.1 Å². The second-order valence-corrected chi connectivity index (χ2v) is 10.1. The zero-order chi connectivity index (χ0) is 25.1. The smallest absolute Gasteiger partial charge is 0.338 e. The lowest BCUT2D eigenvalue weighted by atomic mass is 9.94. The fraction of sp³-hybridized carbons (Fsp3) is 0.577. The van der Waals surface area contributed by atoms with E-state index >= 15 is 0 Å². The van der Waals surface area contributed by atoms with Crippen LogP contribution in [0.1, 0.15) is 51.1 Å². The Morgan fingerprint density at radius 1 is 1.14 bits per heavy atom. The Morgan fingerprint density at radius 3 is 2.46 bits per heavy atom. The number of carbonyl (C=O) groups is 3. The molecule has 190 valence electrons. The predicted molar refractivity (Wildman–Crippen MR) is 134 cm³/mol. The Hall–Kier alpha value is -2.58. The standard InChI is InChI=1S/C26H35ClN4O4/c1-4-35-25(33)22-21(29(3)26(34)28-23(22)18-9-11-20(27)12-10-18)16-30-13-14-31(17(2)15-30)24(32)19-7-5-6-8-19/h9-12,17,19,23H,4-8,13-16H2,1-3H3,(H,28,34). The highest BCUT2D eigenvalue weighted by molar-refractivity contribution is 6.30. The molecule has 3 amide bonds. The normalized spacial score (nSPS) is 24.1. The lowest BCUT2D eigenvalue weighted by Gasteiger charge is -2.43. The fourth-order valence-electron chi connectivity index (χ4n) is 5.43. The first kappa shape index (κ1) is 25.5. The molecule has 0 radical (unpaired) electrons. The number of hydrogen-bond acceptors (Lipinski definition) is 5. The molecule has 1 aromatic carbocycles. The highest BCUT2D eigenvalue weighted by atomic mass is 35.5. The number of amides is 3. The molecule has 1 saturated carbocycles. The fourth-order valence-corrected chi connectivity index (χ4v) is 5.55. The number of benzene rings is 1. The van der Waals surface area contributed by atoms with E-state index in [9.17, 15) is 14.4 Å². The van der Waals surface area contributed by atoms with E-state index in [0.717, 1.165) is 31.2 Å². The number of piperazine rings is 1. The van der Waals surface area contributed by atoms with Crippen molar-refractivity contribution in [1.82, 2.24) is 20.0 Å². The zero-order valence-corrected chi connectivity index (χ0v) is 21.5. The predicted octanol–water partition coefficient (Wildman–Crippen LogP) is 3.58. The van der Waals surface area contributed by atoms with Crippen molar-refractivity contribution in [1.29, 1.82) is 0 Å². The maximum absolute atomic E-state index is 13.2. The maximum atomic E-state index is 13.2. The molecule has 2 atom stereocenters. The van der Waals surface area contributed by atoms with Crippen LogP contribution < -0.4 is 5.32 Å². The van der Waals surface area contributed by atoms with Crippen LogP contribution in [-0.2, 0) is 14.3 Å². The average molecular weight is 503 g/mol. The van der Waals surface area contributed by atoms with Crippen LogP contribution in [0.5, 0.6) is 0 Å². The number of hydrogen-bond donors (Lipinski definition) is 1. The molecule has 2 fully saturated rings. The molecule has 1 aromatic rings. The molecule has 9 heteroatoms. The van der Waals surface area contributed by atoms with E-state index in [2.05, 4.69) is 17.1 Å². The SMILES string of the molecule is CCOC(=O)C1=C(CN2CCN(C(=O)C3CCCC3)C(C)C2)N(C)C(=O)NC1c1ccc(Cl)cc1. The number of carbonyl (C=O) groups excluding carboxylic acids is 3. The molecule has 35 heavy (non-hydrogen) atoms. The number of nitrogens with one attached hydrogen (secondary N) is 1. The van der Waals surface area contributed by atoms with Crippen LogP contribution in [0.15, 0.2) is 35.5 Å². The molecule has 1 saturated heterocycles. The lowest BCUT2D eigenvalue weighted by molar-refractivity contribution is -0.140. The minimum atomic E-state index is -0.632. The highest BCUT2D eigenvalue weighted by Crippen LogP contribution is 2.33. The van der Waals surface area contributed by atoms with Crippen molar-refractivity contribution in [2.24, 2.45) is 5.92 Å². The molecule has 0 spiro atoms. The largest absolute Gasteiger partial charge is 0.463 e. The van der Waals surface area contributed by atoms with E-state index in [-0.39, 0.29) is 30.5 Å². The van der Waals surface area contributed by atoms with Gasteiger partial charge >= 0.3 is 12.0 Å². The van der Waals surface area contributed by atoms with Crippen LogP contribution in [0.2, 0.25) is 5.02 Å². The van der Waals surface area contributed by atoms with E-state index in [1.54, 1.807) is 26.1 Å². The van der Waals surface area contributed by atoms with Gasteiger partial charge in [0, 0.05) is 55.9 Å². The van der Waals surface area contributed by atoms with Crippen LogP contribution in [0.4, 0.5) is 4.79 Å². The third-order valence-electron chi connectivity index (χ3n) is 7.35. The van der Waals surface area contributed by atoms with Gasteiger partial charge in [-0.05, 0) is 44.4 Å². The van der Waals surface area contributed by atoms with Gasteiger partial charge in [0.1, 0.15) is 0 Å². The number of esters is 1. The molecular weight excluding hydrogens is 468 g/mol. The van der Waals surface area contributed by atoms with Crippen molar-refractivity contribution >= 4 is 29.5 Å². The van der Waals surface area contributed by atoms with Crippen LogP contribution in [0.3, 0.4) is 0 Å². The van der Waals surface area contributed by atoms with Crippen molar-refractivity contribution in [2.45, 2.75) is 51.6 Å². The minimum Gasteiger partial charge on any atom is -0.463 e. The number of rotatable bonds is 6. The molecule has 0 bridgehead atoms. The second-order valence-electron chi connectivity index (χ2n) is 9.67. The van der Waals surface area contributed by atoms with E-state index in [4.69, 9.17) is 16.3 Å². The number of nitrogens with zero attached hydrogens (tertiary/aromatic N) is 3. The number of halogens is 1. The maximum Gasteiger partial charge on any atom is 0.338 e. The van der Waals surface area contributed by atoms with Gasteiger partial charge in [-0.25, -0.2) is 9.59 Å². The third kappa shape index (κ3) is 5.48. The summed E-state index contributed by atoms with van der Waals surface area (Å²) in [5, 5.41) is 3.51. The highest BCUT2D eigenvalue weighted by Gasteiger charge is 2.39. The molecule has 8 nitrogen and oxygen atoms in total.